The maximum atomic E-state index is 12.7. The summed E-state index contributed by atoms with van der Waals surface area (Å²) in [5, 5.41) is 1.32. The van der Waals surface area contributed by atoms with E-state index in [1.165, 1.54) is 12.3 Å². The van der Waals surface area contributed by atoms with Crippen molar-refractivity contribution < 1.29 is 23.9 Å². The largest absolute Gasteiger partial charge is 0.442 e. The van der Waals surface area contributed by atoms with Crippen LogP contribution in [0.3, 0.4) is 0 Å². The lowest BCUT2D eigenvalue weighted by molar-refractivity contribution is -0.128. The van der Waals surface area contributed by atoms with E-state index >= 15 is 0 Å². The molecule has 0 spiro atoms. The first-order valence-corrected chi connectivity index (χ1v) is 8.69. The quantitative estimate of drug-likeness (QED) is 0.618. The van der Waals surface area contributed by atoms with E-state index in [1.54, 1.807) is 47.6 Å². The van der Waals surface area contributed by atoms with Gasteiger partial charge in [0.25, 0.3) is 0 Å². The average molecular weight is 430 g/mol. The highest BCUT2D eigenvalue weighted by atomic mass is 79.9. The highest BCUT2D eigenvalue weighted by Gasteiger charge is 2.37. The summed E-state index contributed by atoms with van der Waals surface area (Å²) in [6, 6.07) is 3.08. The first-order chi connectivity index (χ1) is 11.7. The monoisotopic (exact) mass is 429 g/mol. The fourth-order valence-electron chi connectivity index (χ4n) is 1.73. The predicted octanol–water partition coefficient (Wildman–Crippen LogP) is 4.28. The molecule has 1 aromatic heterocycles. The molecule has 0 radical (unpaired) electrons. The number of imide groups is 1. The number of ether oxygens (including phenoxy) is 2. The van der Waals surface area contributed by atoms with Crippen molar-refractivity contribution in [1.29, 1.82) is 0 Å². The fraction of sp³-hybridized carbons (Fsp3) is 0.529. The van der Waals surface area contributed by atoms with Gasteiger partial charge in [0.05, 0.1) is 0 Å². The van der Waals surface area contributed by atoms with Gasteiger partial charge >= 0.3 is 12.2 Å². The van der Waals surface area contributed by atoms with Gasteiger partial charge in [0.2, 0.25) is 5.91 Å². The molecule has 0 aliphatic rings. The second-order valence-electron chi connectivity index (χ2n) is 7.44. The molecule has 8 nitrogen and oxygen atoms in total. The second kappa shape index (κ2) is 8.03. The number of carbonyl (C=O) groups is 3. The Kier molecular flexibility index (Phi) is 6.76. The number of hydrogen-bond donors (Lipinski definition) is 0. The number of carbonyl (C=O) groups excluding carboxylic acids is 3. The molecular weight excluding hydrogens is 406 g/mol. The molecule has 0 N–H and O–H groups in total. The number of halogens is 1. The van der Waals surface area contributed by atoms with Gasteiger partial charge in [0.15, 0.2) is 5.82 Å². The van der Waals surface area contributed by atoms with Crippen LogP contribution in [0.15, 0.2) is 22.8 Å². The molecule has 1 rings (SSSR count). The number of anilines is 1. The van der Waals surface area contributed by atoms with Crippen LogP contribution >= 0.6 is 15.9 Å². The smallest absolute Gasteiger partial charge is 0.437 e. The van der Waals surface area contributed by atoms with Crippen LogP contribution in [-0.4, -0.2) is 39.3 Å². The summed E-state index contributed by atoms with van der Waals surface area (Å²) < 4.78 is 11.2. The summed E-state index contributed by atoms with van der Waals surface area (Å²) in [5.41, 5.74) is -1.71. The molecule has 0 saturated heterocycles. The number of rotatable bonds is 1. The van der Waals surface area contributed by atoms with Crippen molar-refractivity contribution in [2.24, 2.45) is 0 Å². The third kappa shape index (κ3) is 6.62. The molecule has 1 aromatic rings. The van der Waals surface area contributed by atoms with Gasteiger partial charge in [-0.25, -0.2) is 14.6 Å². The van der Waals surface area contributed by atoms with E-state index < -0.39 is 29.3 Å². The van der Waals surface area contributed by atoms with Crippen LogP contribution in [0.4, 0.5) is 15.4 Å². The van der Waals surface area contributed by atoms with Gasteiger partial charge in [0.1, 0.15) is 11.2 Å². The van der Waals surface area contributed by atoms with Gasteiger partial charge in [-0.3, -0.25) is 4.79 Å². The maximum Gasteiger partial charge on any atom is 0.437 e. The van der Waals surface area contributed by atoms with Crippen molar-refractivity contribution in [2.75, 3.05) is 5.01 Å². The van der Waals surface area contributed by atoms with Gasteiger partial charge in [-0.05, 0) is 69.6 Å². The van der Waals surface area contributed by atoms with Gasteiger partial charge in [-0.15, -0.1) is 5.01 Å². The molecule has 0 aliphatic heterocycles. The average Bonchev–Trinajstić information content (AvgIpc) is 2.41. The minimum Gasteiger partial charge on any atom is -0.442 e. The van der Waals surface area contributed by atoms with Crippen molar-refractivity contribution >= 4 is 39.8 Å². The lowest BCUT2D eigenvalue weighted by Crippen LogP contribution is -2.55. The number of amides is 3. The SMILES string of the molecule is CC(=O)N(C(=O)OC(C)(C)C)N(C(=O)OC(C)(C)C)c1ccc(Br)cn1. The van der Waals surface area contributed by atoms with Gasteiger partial charge in [0, 0.05) is 17.6 Å². The molecule has 1 heterocycles. The van der Waals surface area contributed by atoms with E-state index in [1.807, 2.05) is 0 Å². The fourth-order valence-corrected chi connectivity index (χ4v) is 1.97. The Hall–Kier alpha value is -2.16. The minimum atomic E-state index is -1.01. The van der Waals surface area contributed by atoms with E-state index in [2.05, 4.69) is 20.9 Å². The Labute approximate surface area is 161 Å². The Balaban J connectivity index is 3.38. The molecular formula is C17H24BrN3O5. The molecule has 0 saturated carbocycles. The summed E-state index contributed by atoms with van der Waals surface area (Å²) >= 11 is 3.25. The molecule has 0 aliphatic carbocycles. The van der Waals surface area contributed by atoms with E-state index in [9.17, 15) is 14.4 Å². The Morgan fingerprint density at radius 3 is 1.85 bits per heavy atom. The first-order valence-electron chi connectivity index (χ1n) is 7.89. The summed E-state index contributed by atoms with van der Waals surface area (Å²) in [5.74, 6) is -0.696. The summed E-state index contributed by atoms with van der Waals surface area (Å²) in [6.07, 6.45) is -0.519. The Bertz CT molecular complexity index is 677. The zero-order valence-corrected chi connectivity index (χ0v) is 17.6. The van der Waals surface area contributed by atoms with Crippen molar-refractivity contribution in [1.82, 2.24) is 9.99 Å². The molecule has 0 fully saturated rings. The van der Waals surface area contributed by atoms with Crippen molar-refractivity contribution in [3.63, 3.8) is 0 Å². The molecule has 3 amide bonds. The first kappa shape index (κ1) is 21.9. The summed E-state index contributed by atoms with van der Waals surface area (Å²) in [6.45, 7) is 11.1. The molecule has 9 heteroatoms. The molecule has 26 heavy (non-hydrogen) atoms. The van der Waals surface area contributed by atoms with Gasteiger partial charge in [-0.1, -0.05) is 0 Å². The zero-order chi connectivity index (χ0) is 20.3. The van der Waals surface area contributed by atoms with Crippen molar-refractivity contribution in [3.8, 4) is 0 Å². The third-order valence-electron chi connectivity index (χ3n) is 2.56. The number of hydrogen-bond acceptors (Lipinski definition) is 6. The normalized spacial score (nSPS) is 11.5. The van der Waals surface area contributed by atoms with Crippen LogP contribution in [0.1, 0.15) is 48.5 Å². The van der Waals surface area contributed by atoms with Crippen LogP contribution in [0.25, 0.3) is 0 Å². The zero-order valence-electron chi connectivity index (χ0n) is 16.0. The van der Waals surface area contributed by atoms with E-state index in [0.717, 1.165) is 11.9 Å². The lowest BCUT2D eigenvalue weighted by atomic mass is 10.2. The van der Waals surface area contributed by atoms with E-state index in [-0.39, 0.29) is 5.82 Å². The van der Waals surface area contributed by atoms with Crippen LogP contribution in [0.5, 0.6) is 0 Å². The summed E-state index contributed by atoms with van der Waals surface area (Å²) in [4.78, 5) is 41.5. The molecule has 144 valence electrons. The predicted molar refractivity (Wildman–Crippen MR) is 99.4 cm³/mol. The van der Waals surface area contributed by atoms with Crippen LogP contribution in [0, 0.1) is 0 Å². The second-order valence-corrected chi connectivity index (χ2v) is 8.35. The number of nitrogens with zero attached hydrogens (tertiary/aromatic N) is 3. The Morgan fingerprint density at radius 2 is 1.46 bits per heavy atom. The standard InChI is InChI=1S/C17H24BrN3O5/c1-11(22)20(14(23)25-16(2,3)4)21(15(24)26-17(5,6)7)13-9-8-12(18)10-19-13/h8-10H,1-7H3. The highest BCUT2D eigenvalue weighted by molar-refractivity contribution is 9.10. The van der Waals surface area contributed by atoms with Crippen LogP contribution in [0.2, 0.25) is 0 Å². The van der Waals surface area contributed by atoms with E-state index in [0.29, 0.717) is 9.48 Å². The summed E-state index contributed by atoms with van der Waals surface area (Å²) in [7, 11) is 0. The number of pyridine rings is 1. The van der Waals surface area contributed by atoms with E-state index in [4.69, 9.17) is 9.47 Å². The lowest BCUT2D eigenvalue weighted by Gasteiger charge is -2.33. The molecule has 0 bridgehead atoms. The van der Waals surface area contributed by atoms with Gasteiger partial charge in [-0.2, -0.15) is 5.01 Å². The number of aromatic nitrogens is 1. The third-order valence-corrected chi connectivity index (χ3v) is 3.03. The maximum absolute atomic E-state index is 12.7. The van der Waals surface area contributed by atoms with Crippen LogP contribution in [-0.2, 0) is 14.3 Å². The van der Waals surface area contributed by atoms with Crippen molar-refractivity contribution in [3.05, 3.63) is 22.8 Å². The van der Waals surface area contributed by atoms with Crippen molar-refractivity contribution in [2.45, 2.75) is 59.7 Å². The minimum absolute atomic E-state index is 0.0310. The molecule has 0 aromatic carbocycles. The Morgan fingerprint density at radius 1 is 0.962 bits per heavy atom. The molecule has 0 unspecified atom stereocenters. The van der Waals surface area contributed by atoms with Gasteiger partial charge < -0.3 is 9.47 Å². The molecule has 0 atom stereocenters. The van der Waals surface area contributed by atoms with Crippen LogP contribution < -0.4 is 5.01 Å². The number of hydrazine groups is 1. The topological polar surface area (TPSA) is 89.0 Å². The highest BCUT2D eigenvalue weighted by Crippen LogP contribution is 2.22.